The lowest BCUT2D eigenvalue weighted by Gasteiger charge is -2.29. The molecule has 0 aromatic heterocycles. The van der Waals surface area contributed by atoms with Crippen molar-refractivity contribution in [1.29, 1.82) is 0 Å². The number of ether oxygens (including phenoxy) is 1. The molecular formula is C18H40FNO. The normalized spacial score (nSPS) is 11.4. The van der Waals surface area contributed by atoms with Gasteiger partial charge in [-0.1, -0.05) is 58.3 Å². The molecule has 3 heteroatoms. The number of rotatable bonds is 15. The molecule has 0 N–H and O–H groups in total. The molecule has 0 saturated carbocycles. The molecular weight excluding hydrogens is 265 g/mol. The Hall–Kier alpha value is -0.150. The number of hydrogen-bond acceptors (Lipinski definition) is 1. The molecule has 0 amide bonds. The molecule has 21 heavy (non-hydrogen) atoms. The Kier molecular flexibility index (Phi) is 17.9. The first kappa shape index (κ1) is 23.1. The molecule has 0 aromatic carbocycles. The van der Waals surface area contributed by atoms with E-state index in [1.54, 1.807) is 0 Å². The van der Waals surface area contributed by atoms with Crippen molar-refractivity contribution in [3.05, 3.63) is 0 Å². The van der Waals surface area contributed by atoms with Crippen LogP contribution in [0.5, 0.6) is 0 Å². The molecule has 0 atom stereocenters. The molecule has 0 saturated heterocycles. The summed E-state index contributed by atoms with van der Waals surface area (Å²) >= 11 is 0. The van der Waals surface area contributed by atoms with E-state index in [2.05, 4.69) is 27.9 Å². The standard InChI is InChI=1S/C18H40NO.FH/c1-5-7-8-9-10-11-12-13-14-15-16-19(3,4)17-18-20-6-2;/h5-18H2,1-4H3;1H/q+1;/p-1. The number of quaternary nitrogens is 1. The summed E-state index contributed by atoms with van der Waals surface area (Å²) in [5.41, 5.74) is 0. The lowest BCUT2D eigenvalue weighted by molar-refractivity contribution is -0.890. The van der Waals surface area contributed by atoms with Gasteiger partial charge in [0, 0.05) is 6.61 Å². The minimum Gasteiger partial charge on any atom is -1.00 e. The van der Waals surface area contributed by atoms with Crippen LogP contribution in [-0.4, -0.2) is 44.9 Å². The van der Waals surface area contributed by atoms with Crippen molar-refractivity contribution < 1.29 is 13.9 Å². The van der Waals surface area contributed by atoms with Crippen LogP contribution in [0.2, 0.25) is 0 Å². The maximum absolute atomic E-state index is 5.45. The van der Waals surface area contributed by atoms with E-state index in [1.165, 1.54) is 70.8 Å². The Morgan fingerprint density at radius 1 is 0.667 bits per heavy atom. The number of likely N-dealkylation sites (N-methyl/N-ethyl adjacent to an activating group) is 1. The molecule has 2 nitrogen and oxygen atoms in total. The van der Waals surface area contributed by atoms with E-state index >= 15 is 0 Å². The van der Waals surface area contributed by atoms with Crippen LogP contribution in [0.15, 0.2) is 0 Å². The first-order chi connectivity index (χ1) is 9.62. The van der Waals surface area contributed by atoms with Crippen LogP contribution in [0.1, 0.15) is 78.1 Å². The number of halogens is 1. The highest BCUT2D eigenvalue weighted by Gasteiger charge is 2.13. The zero-order chi connectivity index (χ0) is 15.1. The zero-order valence-corrected chi connectivity index (χ0v) is 15.1. The predicted octanol–water partition coefficient (Wildman–Crippen LogP) is 2.02. The number of unbranched alkanes of at least 4 members (excludes halogenated alkanes) is 9. The van der Waals surface area contributed by atoms with E-state index in [9.17, 15) is 0 Å². The maximum Gasteiger partial charge on any atom is 0.102 e. The van der Waals surface area contributed by atoms with Crippen molar-refractivity contribution in [2.45, 2.75) is 78.1 Å². The summed E-state index contributed by atoms with van der Waals surface area (Å²) in [6.07, 6.45) is 14.2. The van der Waals surface area contributed by atoms with Gasteiger partial charge in [-0.25, -0.2) is 0 Å². The van der Waals surface area contributed by atoms with E-state index in [0.717, 1.165) is 24.2 Å². The van der Waals surface area contributed by atoms with Gasteiger partial charge in [0.1, 0.15) is 6.54 Å². The average molecular weight is 306 g/mol. The van der Waals surface area contributed by atoms with Gasteiger partial charge < -0.3 is 13.9 Å². The summed E-state index contributed by atoms with van der Waals surface area (Å²) < 4.78 is 6.56. The van der Waals surface area contributed by atoms with Gasteiger partial charge in [-0.05, 0) is 19.8 Å². The van der Waals surface area contributed by atoms with Crippen LogP contribution in [0, 0.1) is 0 Å². The van der Waals surface area contributed by atoms with Gasteiger partial charge in [-0.2, -0.15) is 0 Å². The van der Waals surface area contributed by atoms with Crippen molar-refractivity contribution in [3.8, 4) is 0 Å². The molecule has 0 heterocycles. The van der Waals surface area contributed by atoms with E-state index < -0.39 is 0 Å². The third-order valence-corrected chi connectivity index (χ3v) is 4.16. The first-order valence-electron chi connectivity index (χ1n) is 9.02. The summed E-state index contributed by atoms with van der Waals surface area (Å²) in [5, 5.41) is 0. The van der Waals surface area contributed by atoms with Crippen LogP contribution >= 0.6 is 0 Å². The summed E-state index contributed by atoms with van der Waals surface area (Å²) in [6, 6.07) is 0. The molecule has 0 aliphatic rings. The monoisotopic (exact) mass is 305 g/mol. The quantitative estimate of drug-likeness (QED) is 0.332. The van der Waals surface area contributed by atoms with E-state index in [4.69, 9.17) is 4.74 Å². The molecule has 0 spiro atoms. The SMILES string of the molecule is CCCCCCCCCCCC[N+](C)(C)CCOCC.[F-]. The van der Waals surface area contributed by atoms with Crippen LogP contribution in [-0.2, 0) is 4.74 Å². The third kappa shape index (κ3) is 17.8. The van der Waals surface area contributed by atoms with Gasteiger partial charge in [0.2, 0.25) is 0 Å². The summed E-state index contributed by atoms with van der Waals surface area (Å²) in [6.45, 7) is 8.55. The van der Waals surface area contributed by atoms with E-state index in [1.807, 2.05) is 0 Å². The van der Waals surface area contributed by atoms with Crippen molar-refractivity contribution in [2.24, 2.45) is 0 Å². The van der Waals surface area contributed by atoms with Crippen LogP contribution in [0.3, 0.4) is 0 Å². The van der Waals surface area contributed by atoms with Gasteiger partial charge in [0.25, 0.3) is 0 Å². The molecule has 0 aliphatic heterocycles. The first-order valence-corrected chi connectivity index (χ1v) is 9.02. The topological polar surface area (TPSA) is 9.23 Å². The minimum absolute atomic E-state index is 0. The Morgan fingerprint density at radius 3 is 1.62 bits per heavy atom. The molecule has 0 unspecified atom stereocenters. The Bertz CT molecular complexity index is 198. The molecule has 0 fully saturated rings. The Balaban J connectivity index is 0. The van der Waals surface area contributed by atoms with Crippen molar-refractivity contribution in [2.75, 3.05) is 40.4 Å². The third-order valence-electron chi connectivity index (χ3n) is 4.16. The molecule has 0 rings (SSSR count). The van der Waals surface area contributed by atoms with Crippen LogP contribution in [0.4, 0.5) is 0 Å². The van der Waals surface area contributed by atoms with Crippen LogP contribution < -0.4 is 4.70 Å². The Morgan fingerprint density at radius 2 is 1.14 bits per heavy atom. The average Bonchev–Trinajstić information content (AvgIpc) is 2.41. The second-order valence-electron chi connectivity index (χ2n) is 6.76. The Labute approximate surface area is 133 Å². The van der Waals surface area contributed by atoms with Crippen LogP contribution in [0.25, 0.3) is 0 Å². The summed E-state index contributed by atoms with van der Waals surface area (Å²) in [7, 11) is 4.65. The fourth-order valence-electron chi connectivity index (χ4n) is 2.60. The smallest absolute Gasteiger partial charge is 0.102 e. The van der Waals surface area contributed by atoms with Gasteiger partial charge >= 0.3 is 0 Å². The van der Waals surface area contributed by atoms with Crippen molar-refractivity contribution in [3.63, 3.8) is 0 Å². The summed E-state index contributed by atoms with van der Waals surface area (Å²) in [5.74, 6) is 0. The largest absolute Gasteiger partial charge is 1.00 e. The number of hydrogen-bond donors (Lipinski definition) is 0. The van der Waals surface area contributed by atoms with E-state index in [0.29, 0.717) is 0 Å². The highest BCUT2D eigenvalue weighted by Crippen LogP contribution is 2.11. The highest BCUT2D eigenvalue weighted by atomic mass is 19.0. The molecule has 0 aliphatic carbocycles. The second-order valence-corrected chi connectivity index (χ2v) is 6.76. The summed E-state index contributed by atoms with van der Waals surface area (Å²) in [4.78, 5) is 0. The van der Waals surface area contributed by atoms with Gasteiger partial charge in [-0.15, -0.1) is 0 Å². The maximum atomic E-state index is 5.45. The zero-order valence-electron chi connectivity index (χ0n) is 15.1. The van der Waals surface area contributed by atoms with Crippen molar-refractivity contribution >= 4 is 0 Å². The van der Waals surface area contributed by atoms with Gasteiger partial charge in [0.15, 0.2) is 0 Å². The lowest BCUT2D eigenvalue weighted by Crippen LogP contribution is -3.00. The molecule has 0 bridgehead atoms. The molecule has 0 radical (unpaired) electrons. The molecule has 0 aromatic rings. The number of nitrogens with zero attached hydrogens (tertiary/aromatic N) is 1. The fourth-order valence-corrected chi connectivity index (χ4v) is 2.60. The van der Waals surface area contributed by atoms with E-state index in [-0.39, 0.29) is 4.70 Å². The second kappa shape index (κ2) is 16.2. The van der Waals surface area contributed by atoms with Gasteiger partial charge in [-0.3, -0.25) is 0 Å². The predicted molar refractivity (Wildman–Crippen MR) is 90.2 cm³/mol. The lowest BCUT2D eigenvalue weighted by atomic mass is 10.1. The van der Waals surface area contributed by atoms with Gasteiger partial charge in [0.05, 0.1) is 27.2 Å². The highest BCUT2D eigenvalue weighted by molar-refractivity contribution is 4.47. The minimum atomic E-state index is 0. The van der Waals surface area contributed by atoms with Crippen molar-refractivity contribution in [1.82, 2.24) is 0 Å². The molecule has 130 valence electrons. The fraction of sp³-hybridized carbons (Fsp3) is 1.00.